The van der Waals surface area contributed by atoms with Gasteiger partial charge in [0.2, 0.25) is 0 Å². The minimum Gasteiger partial charge on any atom is -0.300 e. The third kappa shape index (κ3) is 1.91. The number of hydrogen-bond acceptors (Lipinski definition) is 1. The third-order valence-corrected chi connectivity index (χ3v) is 7.78. The lowest BCUT2D eigenvalue weighted by Gasteiger charge is -2.55. The molecule has 0 spiro atoms. The molecule has 0 unspecified atom stereocenters. The summed E-state index contributed by atoms with van der Waals surface area (Å²) in [6, 6.07) is 0. The predicted molar refractivity (Wildman–Crippen MR) is 81.3 cm³/mol. The first-order valence-corrected chi connectivity index (χ1v) is 9.08. The second kappa shape index (κ2) is 4.58. The van der Waals surface area contributed by atoms with Crippen molar-refractivity contribution in [1.82, 2.24) is 0 Å². The molecular weight excluding hydrogens is 244 g/mol. The van der Waals surface area contributed by atoms with Gasteiger partial charge in [0, 0.05) is 12.8 Å². The van der Waals surface area contributed by atoms with E-state index in [9.17, 15) is 4.79 Å². The first-order valence-electron chi connectivity index (χ1n) is 9.08. The Kier molecular flexibility index (Phi) is 3.06. The molecule has 0 bridgehead atoms. The van der Waals surface area contributed by atoms with Crippen LogP contribution in [-0.4, -0.2) is 5.78 Å². The first-order chi connectivity index (χ1) is 9.57. The fraction of sp³-hybridized carbons (Fsp3) is 0.947. The van der Waals surface area contributed by atoms with Gasteiger partial charge in [-0.15, -0.1) is 0 Å². The van der Waals surface area contributed by atoms with Gasteiger partial charge in [0.05, 0.1) is 0 Å². The molecule has 0 N–H and O–H groups in total. The number of fused-ring (bicyclic) bond motifs is 5. The molecule has 4 saturated carbocycles. The van der Waals surface area contributed by atoms with Gasteiger partial charge < -0.3 is 0 Å². The van der Waals surface area contributed by atoms with Crippen molar-refractivity contribution in [2.75, 3.05) is 0 Å². The molecule has 4 aliphatic carbocycles. The van der Waals surface area contributed by atoms with E-state index in [4.69, 9.17) is 0 Å². The number of carbonyl (C=O) groups is 1. The van der Waals surface area contributed by atoms with Crippen LogP contribution in [0.1, 0.15) is 71.6 Å². The zero-order valence-corrected chi connectivity index (χ0v) is 13.2. The minimum atomic E-state index is 0.382. The molecule has 4 rings (SSSR count). The van der Waals surface area contributed by atoms with Gasteiger partial charge in [0.15, 0.2) is 0 Å². The van der Waals surface area contributed by atoms with Crippen molar-refractivity contribution in [3.05, 3.63) is 0 Å². The van der Waals surface area contributed by atoms with Crippen molar-refractivity contribution in [3.63, 3.8) is 0 Å². The molecule has 20 heavy (non-hydrogen) atoms. The smallest absolute Gasteiger partial charge is 0.133 e. The monoisotopic (exact) mass is 274 g/mol. The van der Waals surface area contributed by atoms with E-state index in [-0.39, 0.29) is 0 Å². The van der Waals surface area contributed by atoms with E-state index in [1.165, 1.54) is 44.9 Å². The minimum absolute atomic E-state index is 0.382. The van der Waals surface area contributed by atoms with Crippen molar-refractivity contribution < 1.29 is 4.79 Å². The maximum absolute atomic E-state index is 12.0. The molecular formula is C19H30O. The predicted octanol–water partition coefficient (Wildman–Crippen LogP) is 4.84. The van der Waals surface area contributed by atoms with E-state index in [1.807, 2.05) is 0 Å². The van der Waals surface area contributed by atoms with Crippen LogP contribution in [0.15, 0.2) is 0 Å². The van der Waals surface area contributed by atoms with Crippen molar-refractivity contribution in [2.24, 2.45) is 40.9 Å². The highest BCUT2D eigenvalue weighted by Gasteiger charge is 2.55. The van der Waals surface area contributed by atoms with E-state index < -0.39 is 0 Å². The zero-order valence-electron chi connectivity index (χ0n) is 13.2. The average Bonchev–Trinajstić information content (AvgIpc) is 2.72. The number of hydrogen-bond donors (Lipinski definition) is 0. The Hall–Kier alpha value is -0.330. The van der Waals surface area contributed by atoms with Crippen LogP contribution >= 0.6 is 0 Å². The Labute approximate surface area is 123 Å². The summed E-state index contributed by atoms with van der Waals surface area (Å²) < 4.78 is 0. The van der Waals surface area contributed by atoms with E-state index in [1.54, 1.807) is 0 Å². The highest BCUT2D eigenvalue weighted by atomic mass is 16.1. The van der Waals surface area contributed by atoms with E-state index >= 15 is 0 Å². The Balaban J connectivity index is 1.57. The van der Waals surface area contributed by atoms with Crippen molar-refractivity contribution >= 4 is 5.78 Å². The summed E-state index contributed by atoms with van der Waals surface area (Å²) in [7, 11) is 0. The maximum atomic E-state index is 12.0. The molecule has 0 aromatic carbocycles. The van der Waals surface area contributed by atoms with Crippen molar-refractivity contribution in [3.8, 4) is 0 Å². The van der Waals surface area contributed by atoms with Crippen LogP contribution in [0.4, 0.5) is 0 Å². The molecule has 0 aromatic rings. The molecule has 1 heteroatoms. The number of rotatable bonds is 0. The lowest BCUT2D eigenvalue weighted by molar-refractivity contribution is -0.118. The molecule has 7 atom stereocenters. The van der Waals surface area contributed by atoms with E-state index in [0.29, 0.717) is 11.2 Å². The molecule has 0 radical (unpaired) electrons. The highest BCUT2D eigenvalue weighted by molar-refractivity contribution is 5.82. The standard InChI is InChI=1S/C19H30O/c1-12-3-5-15-13(9-12)4-6-17-16(15)7-8-19(2)11-14(20)10-18(17)19/h12-13,15-18H,3-11H2,1-2H3/t12-,13-,15+,16-,17-,18+,19-/m0/s1. The molecule has 1 nitrogen and oxygen atoms in total. The molecule has 0 amide bonds. The molecule has 4 fully saturated rings. The largest absolute Gasteiger partial charge is 0.300 e. The fourth-order valence-corrected chi connectivity index (χ4v) is 6.87. The number of carbonyl (C=O) groups excluding carboxylic acids is 1. The Morgan fingerprint density at radius 3 is 2.65 bits per heavy atom. The Bertz CT molecular complexity index is 414. The molecule has 0 aromatic heterocycles. The molecule has 0 heterocycles. The normalized spacial score (nSPS) is 55.0. The van der Waals surface area contributed by atoms with Crippen LogP contribution in [0.2, 0.25) is 0 Å². The highest BCUT2D eigenvalue weighted by Crippen LogP contribution is 2.61. The van der Waals surface area contributed by atoms with Crippen LogP contribution in [0.3, 0.4) is 0 Å². The van der Waals surface area contributed by atoms with Crippen molar-refractivity contribution in [1.29, 1.82) is 0 Å². The molecule has 4 aliphatic rings. The Morgan fingerprint density at radius 1 is 1.00 bits per heavy atom. The van der Waals surface area contributed by atoms with Gasteiger partial charge in [0.25, 0.3) is 0 Å². The lowest BCUT2D eigenvalue weighted by Crippen LogP contribution is -2.47. The van der Waals surface area contributed by atoms with Crippen LogP contribution in [0.25, 0.3) is 0 Å². The summed E-state index contributed by atoms with van der Waals surface area (Å²) in [5.74, 6) is 6.20. The van der Waals surface area contributed by atoms with Crippen LogP contribution in [0.5, 0.6) is 0 Å². The van der Waals surface area contributed by atoms with Gasteiger partial charge in [0.1, 0.15) is 5.78 Å². The summed E-state index contributed by atoms with van der Waals surface area (Å²) >= 11 is 0. The second-order valence-electron chi connectivity index (χ2n) is 8.97. The van der Waals surface area contributed by atoms with Gasteiger partial charge in [-0.2, -0.15) is 0 Å². The molecule has 0 aliphatic heterocycles. The van der Waals surface area contributed by atoms with Crippen molar-refractivity contribution in [2.45, 2.75) is 71.6 Å². The summed E-state index contributed by atoms with van der Waals surface area (Å²) in [6.45, 7) is 4.88. The molecule has 0 saturated heterocycles. The second-order valence-corrected chi connectivity index (χ2v) is 8.97. The van der Waals surface area contributed by atoms with Gasteiger partial charge in [-0.1, -0.05) is 20.3 Å². The van der Waals surface area contributed by atoms with Crippen LogP contribution in [-0.2, 0) is 4.79 Å². The third-order valence-electron chi connectivity index (χ3n) is 7.78. The summed E-state index contributed by atoms with van der Waals surface area (Å²) in [4.78, 5) is 12.0. The van der Waals surface area contributed by atoms with Gasteiger partial charge >= 0.3 is 0 Å². The SMILES string of the molecule is C[C@H]1CC[C@@H]2[C@@H](CC[C@H]3[C@H]2CC[C@@]2(C)CC(=O)C[C@H]32)C1. The lowest BCUT2D eigenvalue weighted by atomic mass is 9.50. The molecule has 112 valence electrons. The van der Waals surface area contributed by atoms with E-state index in [2.05, 4.69) is 13.8 Å². The van der Waals surface area contributed by atoms with Gasteiger partial charge in [-0.3, -0.25) is 4.79 Å². The quantitative estimate of drug-likeness (QED) is 0.617. The zero-order chi connectivity index (χ0) is 13.9. The van der Waals surface area contributed by atoms with Gasteiger partial charge in [-0.25, -0.2) is 0 Å². The number of ketones is 1. The van der Waals surface area contributed by atoms with E-state index in [0.717, 1.165) is 48.3 Å². The topological polar surface area (TPSA) is 17.1 Å². The summed E-state index contributed by atoms with van der Waals surface area (Å²) in [6.07, 6.45) is 11.9. The number of Topliss-reactive ketones (excluding diaryl/α,β-unsaturated/α-hetero) is 1. The summed E-state index contributed by atoms with van der Waals surface area (Å²) in [5, 5.41) is 0. The maximum Gasteiger partial charge on any atom is 0.133 e. The van der Waals surface area contributed by atoms with Crippen LogP contribution in [0, 0.1) is 40.9 Å². The van der Waals surface area contributed by atoms with Gasteiger partial charge in [-0.05, 0) is 79.4 Å². The average molecular weight is 274 g/mol. The Morgan fingerprint density at radius 2 is 1.80 bits per heavy atom. The first kappa shape index (κ1) is 13.3. The summed E-state index contributed by atoms with van der Waals surface area (Å²) in [5.41, 5.74) is 0.382. The van der Waals surface area contributed by atoms with Crippen LogP contribution < -0.4 is 0 Å². The fourth-order valence-electron chi connectivity index (χ4n) is 6.87.